The summed E-state index contributed by atoms with van der Waals surface area (Å²) < 4.78 is 27.7. The third-order valence-electron chi connectivity index (χ3n) is 2.60. The zero-order valence-electron chi connectivity index (χ0n) is 10.4. The first-order valence-corrected chi connectivity index (χ1v) is 8.87. The molecule has 102 valence electrons. The minimum Gasteiger partial charge on any atom is -0.210 e. The Hall–Kier alpha value is -0.690. The first kappa shape index (κ1) is 14.7. The Morgan fingerprint density at radius 3 is 2.68 bits per heavy atom. The third kappa shape index (κ3) is 4.14. The molecule has 0 saturated heterocycles. The van der Waals surface area contributed by atoms with E-state index in [1.807, 2.05) is 25.1 Å². The lowest BCUT2D eigenvalue weighted by Gasteiger charge is -2.05. The van der Waals surface area contributed by atoms with Crippen molar-refractivity contribution in [3.63, 3.8) is 0 Å². The van der Waals surface area contributed by atoms with Crippen molar-refractivity contribution in [2.45, 2.75) is 17.6 Å². The number of nitrogens with one attached hydrogen (secondary N) is 1. The molecular weight excluding hydrogens is 346 g/mol. The number of halogens is 1. The molecule has 0 bridgehead atoms. The number of aryl methyl sites for hydroxylation is 1. The van der Waals surface area contributed by atoms with E-state index in [4.69, 9.17) is 0 Å². The third-order valence-corrected chi connectivity index (χ3v) is 6.18. The minimum atomic E-state index is -3.38. The van der Waals surface area contributed by atoms with Gasteiger partial charge in [0, 0.05) is 6.54 Å². The molecule has 0 spiro atoms. The highest BCUT2D eigenvalue weighted by Gasteiger charge is 2.15. The lowest BCUT2D eigenvalue weighted by Crippen LogP contribution is -2.25. The first-order chi connectivity index (χ1) is 8.97. The fourth-order valence-electron chi connectivity index (χ4n) is 1.71. The molecular formula is C13H14BrNO2S2. The topological polar surface area (TPSA) is 46.2 Å². The van der Waals surface area contributed by atoms with Gasteiger partial charge in [-0.1, -0.05) is 29.8 Å². The Morgan fingerprint density at radius 1 is 1.26 bits per heavy atom. The second kappa shape index (κ2) is 6.17. The van der Waals surface area contributed by atoms with Gasteiger partial charge < -0.3 is 0 Å². The van der Waals surface area contributed by atoms with Crippen molar-refractivity contribution in [3.05, 3.63) is 51.3 Å². The van der Waals surface area contributed by atoms with Crippen LogP contribution < -0.4 is 4.72 Å². The molecule has 1 heterocycles. The second-order valence-electron chi connectivity index (χ2n) is 4.20. The van der Waals surface area contributed by atoms with Crippen LogP contribution in [0.1, 0.15) is 11.1 Å². The van der Waals surface area contributed by atoms with Gasteiger partial charge in [0.15, 0.2) is 0 Å². The average Bonchev–Trinajstić information content (AvgIpc) is 2.76. The summed E-state index contributed by atoms with van der Waals surface area (Å²) >= 11 is 4.47. The van der Waals surface area contributed by atoms with Crippen LogP contribution >= 0.6 is 27.3 Å². The normalized spacial score (nSPS) is 11.7. The molecule has 0 radical (unpaired) electrons. The minimum absolute atomic E-state index is 0.337. The van der Waals surface area contributed by atoms with Crippen LogP contribution in [0.15, 0.2) is 44.4 Å². The van der Waals surface area contributed by atoms with Crippen molar-refractivity contribution in [1.82, 2.24) is 4.72 Å². The quantitative estimate of drug-likeness (QED) is 0.889. The lowest BCUT2D eigenvalue weighted by atomic mass is 10.1. The Kier molecular flexibility index (Phi) is 4.78. The maximum atomic E-state index is 12.0. The summed E-state index contributed by atoms with van der Waals surface area (Å²) in [5, 5.41) is 0. The van der Waals surface area contributed by atoms with Gasteiger partial charge in [-0.15, -0.1) is 11.3 Å². The molecule has 1 N–H and O–H groups in total. The molecule has 0 aliphatic carbocycles. The summed E-state index contributed by atoms with van der Waals surface area (Å²) in [4.78, 5) is 0. The van der Waals surface area contributed by atoms with Gasteiger partial charge in [-0.3, -0.25) is 0 Å². The molecule has 19 heavy (non-hydrogen) atoms. The molecule has 0 atom stereocenters. The van der Waals surface area contributed by atoms with Gasteiger partial charge in [-0.2, -0.15) is 0 Å². The Labute approximate surface area is 125 Å². The Bertz CT molecular complexity index is 665. The number of hydrogen-bond donors (Lipinski definition) is 1. The van der Waals surface area contributed by atoms with E-state index in [-0.39, 0.29) is 0 Å². The van der Waals surface area contributed by atoms with Gasteiger partial charge in [-0.05, 0) is 47.0 Å². The Morgan fingerprint density at radius 2 is 2.05 bits per heavy atom. The maximum Gasteiger partial charge on any atom is 0.250 e. The van der Waals surface area contributed by atoms with Crippen LogP contribution in [0.5, 0.6) is 0 Å². The van der Waals surface area contributed by atoms with Gasteiger partial charge in [0.2, 0.25) is 10.0 Å². The molecule has 2 aromatic rings. The van der Waals surface area contributed by atoms with Crippen LogP contribution in [0.2, 0.25) is 0 Å². The summed E-state index contributed by atoms with van der Waals surface area (Å²) in [6.07, 6.45) is 0.688. The largest absolute Gasteiger partial charge is 0.250 e. The van der Waals surface area contributed by atoms with Gasteiger partial charge >= 0.3 is 0 Å². The van der Waals surface area contributed by atoms with E-state index >= 15 is 0 Å². The molecule has 2 rings (SSSR count). The van der Waals surface area contributed by atoms with Gasteiger partial charge in [-0.25, -0.2) is 13.1 Å². The summed E-state index contributed by atoms with van der Waals surface area (Å²) in [6, 6.07) is 11.4. The molecule has 0 fully saturated rings. The van der Waals surface area contributed by atoms with Gasteiger partial charge in [0.1, 0.15) is 4.21 Å². The maximum absolute atomic E-state index is 12.0. The van der Waals surface area contributed by atoms with Crippen LogP contribution in [-0.4, -0.2) is 15.0 Å². The zero-order chi connectivity index (χ0) is 13.9. The van der Waals surface area contributed by atoms with Crippen molar-refractivity contribution >= 4 is 37.3 Å². The zero-order valence-corrected chi connectivity index (χ0v) is 13.6. The van der Waals surface area contributed by atoms with Crippen molar-refractivity contribution in [3.8, 4) is 0 Å². The van der Waals surface area contributed by atoms with Crippen molar-refractivity contribution in [1.29, 1.82) is 0 Å². The van der Waals surface area contributed by atoms with E-state index < -0.39 is 10.0 Å². The monoisotopic (exact) mass is 359 g/mol. The molecule has 0 amide bonds. The van der Waals surface area contributed by atoms with Crippen LogP contribution in [0.25, 0.3) is 0 Å². The summed E-state index contributed by atoms with van der Waals surface area (Å²) in [7, 11) is -3.38. The van der Waals surface area contributed by atoms with Crippen molar-refractivity contribution in [2.75, 3.05) is 6.54 Å². The molecule has 0 aliphatic heterocycles. The Balaban J connectivity index is 1.96. The standard InChI is InChI=1S/C13H14BrNO2S2/c1-10-3-2-4-11(9-10)7-8-15-19(16,17)13-6-5-12(14)18-13/h2-6,9,15H,7-8H2,1H3. The molecule has 0 aliphatic rings. The molecule has 1 aromatic heterocycles. The summed E-state index contributed by atoms with van der Waals surface area (Å²) in [5.74, 6) is 0. The van der Waals surface area contributed by atoms with Crippen LogP contribution in [0.4, 0.5) is 0 Å². The fraction of sp³-hybridized carbons (Fsp3) is 0.231. The fourth-order valence-corrected chi connectivity index (χ4v) is 4.80. The number of sulfonamides is 1. The average molecular weight is 360 g/mol. The van der Waals surface area contributed by atoms with Crippen molar-refractivity contribution in [2.24, 2.45) is 0 Å². The SMILES string of the molecule is Cc1cccc(CCNS(=O)(=O)c2ccc(Br)s2)c1. The molecule has 3 nitrogen and oxygen atoms in total. The molecule has 1 aromatic carbocycles. The predicted octanol–water partition coefficient (Wildman–Crippen LogP) is 3.34. The van der Waals surface area contributed by atoms with Crippen LogP contribution in [-0.2, 0) is 16.4 Å². The first-order valence-electron chi connectivity index (χ1n) is 5.78. The highest BCUT2D eigenvalue weighted by Crippen LogP contribution is 2.25. The molecule has 6 heteroatoms. The molecule has 0 unspecified atom stereocenters. The van der Waals surface area contributed by atoms with E-state index in [0.29, 0.717) is 17.2 Å². The molecule has 0 saturated carbocycles. The van der Waals surface area contributed by atoms with Crippen LogP contribution in [0.3, 0.4) is 0 Å². The predicted molar refractivity (Wildman–Crippen MR) is 82.1 cm³/mol. The number of thiophene rings is 1. The van der Waals surface area contributed by atoms with E-state index in [1.165, 1.54) is 16.9 Å². The van der Waals surface area contributed by atoms with E-state index in [0.717, 1.165) is 9.35 Å². The summed E-state index contributed by atoms with van der Waals surface area (Å²) in [6.45, 7) is 2.43. The smallest absolute Gasteiger partial charge is 0.210 e. The van der Waals surface area contributed by atoms with Gasteiger partial charge in [0.25, 0.3) is 0 Å². The van der Waals surface area contributed by atoms with E-state index in [9.17, 15) is 8.42 Å². The summed E-state index contributed by atoms with van der Waals surface area (Å²) in [5.41, 5.74) is 2.32. The van der Waals surface area contributed by atoms with Gasteiger partial charge in [0.05, 0.1) is 3.79 Å². The van der Waals surface area contributed by atoms with Crippen LogP contribution in [0, 0.1) is 6.92 Å². The second-order valence-corrected chi connectivity index (χ2v) is 8.65. The highest BCUT2D eigenvalue weighted by atomic mass is 79.9. The highest BCUT2D eigenvalue weighted by molar-refractivity contribution is 9.11. The number of rotatable bonds is 5. The number of benzene rings is 1. The van der Waals surface area contributed by atoms with Crippen molar-refractivity contribution < 1.29 is 8.42 Å². The lowest BCUT2D eigenvalue weighted by molar-refractivity contribution is 0.584. The van der Waals surface area contributed by atoms with E-state index in [1.54, 1.807) is 12.1 Å². The number of hydrogen-bond acceptors (Lipinski definition) is 3. The van der Waals surface area contributed by atoms with E-state index in [2.05, 4.69) is 26.7 Å².